The van der Waals surface area contributed by atoms with E-state index in [2.05, 4.69) is 11.4 Å². The predicted molar refractivity (Wildman–Crippen MR) is 106 cm³/mol. The molecule has 4 rings (SSSR count). The summed E-state index contributed by atoms with van der Waals surface area (Å²) in [5.74, 6) is -0.379. The standard InChI is InChI=1S/C21H16N2O3S/c1-12-5-7-17-15(9-12)20(25)13(11-26-17)6-8-19(24)23-21-16(10-22)14-3-2-4-18(14)27-21/h5-9,11H,2-4H2,1H3,(H,23,24)/b8-6+. The van der Waals surface area contributed by atoms with Crippen molar-refractivity contribution in [2.24, 2.45) is 0 Å². The number of carbonyl (C=O) groups excluding carboxylic acids is 1. The van der Waals surface area contributed by atoms with Gasteiger partial charge in [-0.1, -0.05) is 11.6 Å². The number of rotatable bonds is 3. The van der Waals surface area contributed by atoms with Crippen LogP contribution in [0.4, 0.5) is 5.00 Å². The lowest BCUT2D eigenvalue weighted by molar-refractivity contribution is -0.111. The van der Waals surface area contributed by atoms with Gasteiger partial charge in [-0.15, -0.1) is 11.3 Å². The Morgan fingerprint density at radius 2 is 2.22 bits per heavy atom. The molecule has 0 fully saturated rings. The second-order valence-electron chi connectivity index (χ2n) is 6.52. The van der Waals surface area contributed by atoms with Crippen LogP contribution in [0.15, 0.2) is 39.7 Å². The third-order valence-electron chi connectivity index (χ3n) is 4.64. The molecular weight excluding hydrogens is 360 g/mol. The van der Waals surface area contributed by atoms with E-state index in [1.54, 1.807) is 12.1 Å². The maximum absolute atomic E-state index is 12.6. The molecular formula is C21H16N2O3S. The van der Waals surface area contributed by atoms with Gasteiger partial charge in [0, 0.05) is 11.0 Å². The molecule has 0 radical (unpaired) electrons. The molecule has 0 spiro atoms. The SMILES string of the molecule is Cc1ccc2occ(/C=C/C(=O)Nc3sc4c(c3C#N)CCC4)c(=O)c2c1. The van der Waals surface area contributed by atoms with Gasteiger partial charge in [0.15, 0.2) is 5.43 Å². The Bertz CT molecular complexity index is 1190. The average Bonchev–Trinajstić information content (AvgIpc) is 3.22. The summed E-state index contributed by atoms with van der Waals surface area (Å²) in [5.41, 5.74) is 3.22. The van der Waals surface area contributed by atoms with Gasteiger partial charge < -0.3 is 9.73 Å². The van der Waals surface area contributed by atoms with Crippen LogP contribution in [-0.4, -0.2) is 5.91 Å². The summed E-state index contributed by atoms with van der Waals surface area (Å²) in [6.07, 6.45) is 6.98. The fourth-order valence-electron chi connectivity index (χ4n) is 3.30. The van der Waals surface area contributed by atoms with Crippen molar-refractivity contribution >= 4 is 39.3 Å². The van der Waals surface area contributed by atoms with Crippen molar-refractivity contribution in [3.05, 3.63) is 67.9 Å². The summed E-state index contributed by atoms with van der Waals surface area (Å²) >= 11 is 1.46. The summed E-state index contributed by atoms with van der Waals surface area (Å²) in [6, 6.07) is 7.60. The zero-order valence-corrected chi connectivity index (χ0v) is 15.5. The Kier molecular flexibility index (Phi) is 4.38. The quantitative estimate of drug-likeness (QED) is 0.695. The van der Waals surface area contributed by atoms with E-state index in [1.165, 1.54) is 34.6 Å². The molecule has 0 saturated heterocycles. The number of thiophene rings is 1. The van der Waals surface area contributed by atoms with E-state index in [1.807, 2.05) is 13.0 Å². The minimum Gasteiger partial charge on any atom is -0.463 e. The first kappa shape index (κ1) is 17.3. The number of hydrogen-bond acceptors (Lipinski definition) is 5. The third kappa shape index (κ3) is 3.18. The molecule has 0 saturated carbocycles. The van der Waals surface area contributed by atoms with Crippen molar-refractivity contribution in [2.75, 3.05) is 5.32 Å². The maximum Gasteiger partial charge on any atom is 0.249 e. The molecule has 1 aliphatic carbocycles. The minimum absolute atomic E-state index is 0.184. The van der Waals surface area contributed by atoms with Crippen LogP contribution in [0.5, 0.6) is 0 Å². The van der Waals surface area contributed by atoms with Crippen molar-refractivity contribution < 1.29 is 9.21 Å². The predicted octanol–water partition coefficient (Wildman–Crippen LogP) is 4.18. The van der Waals surface area contributed by atoms with E-state index in [0.717, 1.165) is 30.4 Å². The number of fused-ring (bicyclic) bond motifs is 2. The number of anilines is 1. The highest BCUT2D eigenvalue weighted by Crippen LogP contribution is 2.38. The first-order valence-corrected chi connectivity index (χ1v) is 9.44. The number of carbonyl (C=O) groups is 1. The topological polar surface area (TPSA) is 83.1 Å². The van der Waals surface area contributed by atoms with Crippen LogP contribution < -0.4 is 10.7 Å². The molecule has 1 aromatic carbocycles. The number of hydrogen-bond donors (Lipinski definition) is 1. The molecule has 1 aliphatic rings. The highest BCUT2D eigenvalue weighted by Gasteiger charge is 2.22. The zero-order chi connectivity index (χ0) is 19.0. The van der Waals surface area contributed by atoms with Gasteiger partial charge in [-0.25, -0.2) is 0 Å². The lowest BCUT2D eigenvalue weighted by atomic mass is 10.1. The van der Waals surface area contributed by atoms with E-state index in [-0.39, 0.29) is 11.3 Å². The van der Waals surface area contributed by atoms with E-state index in [4.69, 9.17) is 4.42 Å². The molecule has 27 heavy (non-hydrogen) atoms. The van der Waals surface area contributed by atoms with Gasteiger partial charge in [-0.2, -0.15) is 5.26 Å². The fraction of sp³-hybridized carbons (Fsp3) is 0.190. The first-order valence-electron chi connectivity index (χ1n) is 8.62. The molecule has 3 aromatic rings. The van der Waals surface area contributed by atoms with Gasteiger partial charge in [0.2, 0.25) is 5.91 Å². The monoisotopic (exact) mass is 376 g/mol. The zero-order valence-electron chi connectivity index (χ0n) is 14.7. The average molecular weight is 376 g/mol. The number of nitrogens with one attached hydrogen (secondary N) is 1. The number of amides is 1. The van der Waals surface area contributed by atoms with Crippen LogP contribution in [0.3, 0.4) is 0 Å². The number of aryl methyl sites for hydroxylation is 2. The van der Waals surface area contributed by atoms with Crippen LogP contribution in [0.2, 0.25) is 0 Å². The summed E-state index contributed by atoms with van der Waals surface area (Å²) in [7, 11) is 0. The molecule has 5 nitrogen and oxygen atoms in total. The van der Waals surface area contributed by atoms with Crippen LogP contribution in [0, 0.1) is 18.3 Å². The Labute approximate surface area is 159 Å². The third-order valence-corrected chi connectivity index (χ3v) is 5.85. The Morgan fingerprint density at radius 3 is 3.04 bits per heavy atom. The highest BCUT2D eigenvalue weighted by molar-refractivity contribution is 7.16. The molecule has 2 heterocycles. The van der Waals surface area contributed by atoms with Crippen LogP contribution in [-0.2, 0) is 17.6 Å². The molecule has 1 amide bonds. The number of nitriles is 1. The Morgan fingerprint density at radius 1 is 1.37 bits per heavy atom. The second-order valence-corrected chi connectivity index (χ2v) is 7.62. The molecule has 2 aromatic heterocycles. The Balaban J connectivity index is 1.58. The minimum atomic E-state index is -0.379. The van der Waals surface area contributed by atoms with Crippen molar-refractivity contribution in [2.45, 2.75) is 26.2 Å². The van der Waals surface area contributed by atoms with Crippen LogP contribution in [0.25, 0.3) is 17.0 Å². The van der Waals surface area contributed by atoms with Crippen molar-refractivity contribution in [3.63, 3.8) is 0 Å². The molecule has 6 heteroatoms. The molecule has 0 bridgehead atoms. The van der Waals surface area contributed by atoms with Gasteiger partial charge in [0.05, 0.1) is 16.5 Å². The number of nitrogens with zero attached hydrogens (tertiary/aromatic N) is 1. The van der Waals surface area contributed by atoms with E-state index < -0.39 is 0 Å². The number of benzene rings is 1. The van der Waals surface area contributed by atoms with Gasteiger partial charge in [-0.3, -0.25) is 9.59 Å². The Hall–Kier alpha value is -3.17. The molecule has 0 atom stereocenters. The maximum atomic E-state index is 12.6. The van der Waals surface area contributed by atoms with Crippen molar-refractivity contribution in [1.29, 1.82) is 5.26 Å². The van der Waals surface area contributed by atoms with Crippen molar-refractivity contribution in [1.82, 2.24) is 0 Å². The summed E-state index contributed by atoms with van der Waals surface area (Å²) in [4.78, 5) is 26.0. The van der Waals surface area contributed by atoms with E-state index in [0.29, 0.717) is 27.1 Å². The largest absolute Gasteiger partial charge is 0.463 e. The van der Waals surface area contributed by atoms with Gasteiger partial charge in [-0.05, 0) is 50.0 Å². The molecule has 134 valence electrons. The van der Waals surface area contributed by atoms with Gasteiger partial charge in [0.25, 0.3) is 0 Å². The van der Waals surface area contributed by atoms with Gasteiger partial charge >= 0.3 is 0 Å². The summed E-state index contributed by atoms with van der Waals surface area (Å²) in [6.45, 7) is 1.90. The first-order chi connectivity index (χ1) is 13.1. The molecule has 0 unspecified atom stereocenters. The molecule has 0 aliphatic heterocycles. The van der Waals surface area contributed by atoms with Crippen LogP contribution >= 0.6 is 11.3 Å². The summed E-state index contributed by atoms with van der Waals surface area (Å²) in [5, 5.41) is 13.2. The normalized spacial score (nSPS) is 13.0. The van der Waals surface area contributed by atoms with Gasteiger partial charge in [0.1, 0.15) is 22.9 Å². The lowest BCUT2D eigenvalue weighted by Gasteiger charge is -2.01. The van der Waals surface area contributed by atoms with Crippen molar-refractivity contribution in [3.8, 4) is 6.07 Å². The molecule has 1 N–H and O–H groups in total. The van der Waals surface area contributed by atoms with E-state index in [9.17, 15) is 14.9 Å². The van der Waals surface area contributed by atoms with Crippen LogP contribution in [0.1, 0.15) is 33.6 Å². The second kappa shape index (κ2) is 6.86. The summed E-state index contributed by atoms with van der Waals surface area (Å²) < 4.78 is 5.48. The fourth-order valence-corrected chi connectivity index (χ4v) is 4.55. The lowest BCUT2D eigenvalue weighted by Crippen LogP contribution is -2.09. The smallest absolute Gasteiger partial charge is 0.249 e. The van der Waals surface area contributed by atoms with E-state index >= 15 is 0 Å². The highest BCUT2D eigenvalue weighted by atomic mass is 32.1.